The summed E-state index contributed by atoms with van der Waals surface area (Å²) in [6.45, 7) is 9.65. The van der Waals surface area contributed by atoms with Gasteiger partial charge in [-0.15, -0.1) is 0 Å². The van der Waals surface area contributed by atoms with Crippen LogP contribution in [-0.4, -0.2) is 48.8 Å². The molecule has 0 spiro atoms. The van der Waals surface area contributed by atoms with Gasteiger partial charge in [0, 0.05) is 19.6 Å². The number of aliphatic hydroxyl groups excluding tert-OH is 1. The van der Waals surface area contributed by atoms with Crippen LogP contribution in [0.5, 0.6) is 0 Å². The van der Waals surface area contributed by atoms with Crippen LogP contribution in [0.1, 0.15) is 26.7 Å². The topological polar surface area (TPSA) is 35.5 Å². The highest BCUT2D eigenvalue weighted by atomic mass is 16.3. The molecule has 0 bridgehead atoms. The molecule has 2 unspecified atom stereocenters. The molecule has 1 heterocycles. The lowest BCUT2D eigenvalue weighted by atomic mass is 10.0. The van der Waals surface area contributed by atoms with Gasteiger partial charge >= 0.3 is 0 Å². The third-order valence-electron chi connectivity index (χ3n) is 3.02. The molecule has 0 aromatic heterocycles. The lowest BCUT2D eigenvalue weighted by molar-refractivity contribution is 0.128. The van der Waals surface area contributed by atoms with Gasteiger partial charge in [-0.1, -0.05) is 6.92 Å². The molecule has 14 heavy (non-hydrogen) atoms. The Balaban J connectivity index is 2.04. The summed E-state index contributed by atoms with van der Waals surface area (Å²) in [5, 5.41) is 12.8. The van der Waals surface area contributed by atoms with Crippen LogP contribution in [0.3, 0.4) is 0 Å². The lowest BCUT2D eigenvalue weighted by Gasteiger charge is -2.17. The molecule has 84 valence electrons. The highest BCUT2D eigenvalue weighted by Gasteiger charge is 2.25. The van der Waals surface area contributed by atoms with E-state index in [0.29, 0.717) is 5.92 Å². The first-order chi connectivity index (χ1) is 6.74. The molecule has 0 aromatic rings. The van der Waals surface area contributed by atoms with E-state index in [1.807, 2.05) is 6.92 Å². The molecule has 0 radical (unpaired) electrons. The fraction of sp³-hybridized carbons (Fsp3) is 1.00. The Labute approximate surface area is 87.5 Å². The smallest absolute Gasteiger partial charge is 0.0552 e. The Morgan fingerprint density at radius 2 is 2.29 bits per heavy atom. The zero-order chi connectivity index (χ0) is 10.4. The largest absolute Gasteiger partial charge is 0.393 e. The molecule has 1 aliphatic heterocycles. The highest BCUT2D eigenvalue weighted by molar-refractivity contribution is 4.78. The van der Waals surface area contributed by atoms with Crippen LogP contribution < -0.4 is 5.32 Å². The van der Waals surface area contributed by atoms with Crippen molar-refractivity contribution in [3.8, 4) is 0 Å². The molecular formula is C11H24N2O. The molecule has 3 heteroatoms. The van der Waals surface area contributed by atoms with E-state index in [2.05, 4.69) is 17.1 Å². The molecule has 1 fully saturated rings. The average molecular weight is 200 g/mol. The third kappa shape index (κ3) is 3.95. The minimum atomic E-state index is -0.136. The molecule has 0 aromatic carbocycles. The number of likely N-dealkylation sites (tertiary alicyclic amines) is 1. The van der Waals surface area contributed by atoms with E-state index >= 15 is 0 Å². The van der Waals surface area contributed by atoms with Gasteiger partial charge in [-0.05, 0) is 38.8 Å². The van der Waals surface area contributed by atoms with Gasteiger partial charge < -0.3 is 15.3 Å². The van der Waals surface area contributed by atoms with E-state index in [-0.39, 0.29) is 6.10 Å². The van der Waals surface area contributed by atoms with Gasteiger partial charge in [0.15, 0.2) is 0 Å². The monoisotopic (exact) mass is 200 g/mol. The van der Waals surface area contributed by atoms with Gasteiger partial charge in [0.25, 0.3) is 0 Å². The van der Waals surface area contributed by atoms with E-state index in [1.54, 1.807) is 0 Å². The SMILES string of the molecule is CCCNCCN1CCC(C(C)O)C1. The molecule has 3 nitrogen and oxygen atoms in total. The molecule has 1 aliphatic rings. The summed E-state index contributed by atoms with van der Waals surface area (Å²) in [6.07, 6.45) is 2.23. The van der Waals surface area contributed by atoms with Crippen molar-refractivity contribution in [2.75, 3.05) is 32.7 Å². The van der Waals surface area contributed by atoms with E-state index in [9.17, 15) is 5.11 Å². The predicted octanol–water partition coefficient (Wildman–Crippen LogP) is 0.689. The summed E-state index contributed by atoms with van der Waals surface area (Å²) < 4.78 is 0. The summed E-state index contributed by atoms with van der Waals surface area (Å²) >= 11 is 0. The molecule has 1 saturated heterocycles. The van der Waals surface area contributed by atoms with Crippen molar-refractivity contribution in [2.24, 2.45) is 5.92 Å². The van der Waals surface area contributed by atoms with Crippen molar-refractivity contribution >= 4 is 0 Å². The van der Waals surface area contributed by atoms with E-state index in [4.69, 9.17) is 0 Å². The first kappa shape index (κ1) is 12.0. The normalized spacial score (nSPS) is 25.5. The summed E-state index contributed by atoms with van der Waals surface area (Å²) in [4.78, 5) is 2.44. The van der Waals surface area contributed by atoms with Crippen molar-refractivity contribution in [1.82, 2.24) is 10.2 Å². The number of nitrogens with zero attached hydrogens (tertiary/aromatic N) is 1. The first-order valence-electron chi connectivity index (χ1n) is 5.85. The van der Waals surface area contributed by atoms with Crippen molar-refractivity contribution in [2.45, 2.75) is 32.8 Å². The Morgan fingerprint density at radius 3 is 2.86 bits per heavy atom. The molecular weight excluding hydrogens is 176 g/mol. The minimum absolute atomic E-state index is 0.136. The van der Waals surface area contributed by atoms with Crippen molar-refractivity contribution in [1.29, 1.82) is 0 Å². The van der Waals surface area contributed by atoms with Crippen LogP contribution in [0, 0.1) is 5.92 Å². The van der Waals surface area contributed by atoms with Gasteiger partial charge in [-0.25, -0.2) is 0 Å². The molecule has 1 rings (SSSR count). The van der Waals surface area contributed by atoms with Crippen LogP contribution in [0.25, 0.3) is 0 Å². The molecule has 2 atom stereocenters. The molecule has 0 amide bonds. The summed E-state index contributed by atoms with van der Waals surface area (Å²) in [5.74, 6) is 0.501. The van der Waals surface area contributed by atoms with Crippen LogP contribution in [-0.2, 0) is 0 Å². The fourth-order valence-corrected chi connectivity index (χ4v) is 2.00. The molecule has 2 N–H and O–H groups in total. The second-order valence-electron chi connectivity index (χ2n) is 4.34. The van der Waals surface area contributed by atoms with Crippen LogP contribution >= 0.6 is 0 Å². The van der Waals surface area contributed by atoms with Crippen LogP contribution in [0.2, 0.25) is 0 Å². The molecule has 0 saturated carbocycles. The Kier molecular flexibility index (Phi) is 5.45. The minimum Gasteiger partial charge on any atom is -0.393 e. The maximum atomic E-state index is 9.44. The van der Waals surface area contributed by atoms with Crippen LogP contribution in [0.4, 0.5) is 0 Å². The molecule has 0 aliphatic carbocycles. The van der Waals surface area contributed by atoms with Crippen LogP contribution in [0.15, 0.2) is 0 Å². The summed E-state index contributed by atoms with van der Waals surface area (Å²) in [5.41, 5.74) is 0. The second-order valence-corrected chi connectivity index (χ2v) is 4.34. The number of aliphatic hydroxyl groups is 1. The van der Waals surface area contributed by atoms with Gasteiger partial charge in [-0.2, -0.15) is 0 Å². The van der Waals surface area contributed by atoms with E-state index < -0.39 is 0 Å². The maximum Gasteiger partial charge on any atom is 0.0552 e. The van der Waals surface area contributed by atoms with Crippen molar-refractivity contribution in [3.63, 3.8) is 0 Å². The Bertz CT molecular complexity index is 150. The van der Waals surface area contributed by atoms with Crippen molar-refractivity contribution in [3.05, 3.63) is 0 Å². The van der Waals surface area contributed by atoms with Gasteiger partial charge in [0.2, 0.25) is 0 Å². The lowest BCUT2D eigenvalue weighted by Crippen LogP contribution is -2.31. The number of hydrogen-bond acceptors (Lipinski definition) is 3. The number of nitrogens with one attached hydrogen (secondary N) is 1. The standard InChI is InChI=1S/C11H24N2O/c1-3-5-12-6-8-13-7-4-11(9-13)10(2)14/h10-12,14H,3-9H2,1-2H3. The van der Waals surface area contributed by atoms with Gasteiger partial charge in [0.1, 0.15) is 0 Å². The predicted molar refractivity (Wildman–Crippen MR) is 59.4 cm³/mol. The summed E-state index contributed by atoms with van der Waals surface area (Å²) in [6, 6.07) is 0. The fourth-order valence-electron chi connectivity index (χ4n) is 2.00. The second kappa shape index (κ2) is 6.38. The van der Waals surface area contributed by atoms with Crippen molar-refractivity contribution < 1.29 is 5.11 Å². The number of hydrogen-bond donors (Lipinski definition) is 2. The quantitative estimate of drug-likeness (QED) is 0.619. The maximum absolute atomic E-state index is 9.44. The van der Waals surface area contributed by atoms with Gasteiger partial charge in [0.05, 0.1) is 6.10 Å². The summed E-state index contributed by atoms with van der Waals surface area (Å²) in [7, 11) is 0. The van der Waals surface area contributed by atoms with E-state index in [1.165, 1.54) is 6.42 Å². The Morgan fingerprint density at radius 1 is 1.50 bits per heavy atom. The van der Waals surface area contributed by atoms with Gasteiger partial charge in [-0.3, -0.25) is 0 Å². The number of rotatable bonds is 6. The zero-order valence-corrected chi connectivity index (χ0v) is 9.50. The average Bonchev–Trinajstić information content (AvgIpc) is 2.61. The zero-order valence-electron chi connectivity index (χ0n) is 9.50. The Hall–Kier alpha value is -0.120. The highest BCUT2D eigenvalue weighted by Crippen LogP contribution is 2.18. The van der Waals surface area contributed by atoms with E-state index in [0.717, 1.165) is 39.1 Å². The first-order valence-corrected chi connectivity index (χ1v) is 5.85. The third-order valence-corrected chi connectivity index (χ3v) is 3.02.